The summed E-state index contributed by atoms with van der Waals surface area (Å²) in [4.78, 5) is 35.2. The van der Waals surface area contributed by atoms with E-state index in [1.807, 2.05) is 75.8 Å². The minimum absolute atomic E-state index is 0. The minimum atomic E-state index is -1.01. The normalized spacial score (nSPS) is 9.60. The van der Waals surface area contributed by atoms with E-state index >= 15 is 0 Å². The molecule has 0 saturated heterocycles. The Balaban J connectivity index is 0.000000370. The van der Waals surface area contributed by atoms with Crippen molar-refractivity contribution in [2.24, 2.45) is 4.99 Å². The molecule has 3 heterocycles. The van der Waals surface area contributed by atoms with Gasteiger partial charge in [-0.3, -0.25) is 40.2 Å². The van der Waals surface area contributed by atoms with Crippen molar-refractivity contribution in [2.45, 2.75) is 27.7 Å². The number of nitro benzene ring substituents is 2. The van der Waals surface area contributed by atoms with Crippen LogP contribution in [0, 0.1) is 47.9 Å². The average Bonchev–Trinajstić information content (AvgIpc) is 3.00. The monoisotopic (exact) mass is 652 g/mol. The van der Waals surface area contributed by atoms with Crippen LogP contribution < -0.4 is 10.2 Å². The summed E-state index contributed by atoms with van der Waals surface area (Å²) < 4.78 is 0. The number of nitro groups is 2. The molecule has 0 aliphatic heterocycles. The Hall–Kier alpha value is -5.55. The van der Waals surface area contributed by atoms with Crippen LogP contribution in [0.2, 0.25) is 0 Å². The van der Waals surface area contributed by atoms with Gasteiger partial charge in [0.1, 0.15) is 0 Å². The molecule has 13 heteroatoms. The van der Waals surface area contributed by atoms with E-state index in [1.165, 1.54) is 28.8 Å². The molecular formula is C32H30N6NiO6. The zero-order valence-electron chi connectivity index (χ0n) is 24.8. The second kappa shape index (κ2) is 19.6. The fourth-order valence-electron chi connectivity index (χ4n) is 3.17. The van der Waals surface area contributed by atoms with E-state index in [0.717, 1.165) is 17.8 Å². The van der Waals surface area contributed by atoms with E-state index in [2.05, 4.69) is 19.9 Å². The van der Waals surface area contributed by atoms with Crippen LogP contribution in [0.25, 0.3) is 0 Å². The Morgan fingerprint density at radius 3 is 1.51 bits per heavy atom. The number of hydrogen-bond donors (Lipinski definition) is 0. The Morgan fingerprint density at radius 1 is 0.667 bits per heavy atom. The maximum Gasteiger partial charge on any atom is 2.00 e. The van der Waals surface area contributed by atoms with Crippen LogP contribution >= 0.6 is 0 Å². The fraction of sp³-hybridized carbons (Fsp3) is 0.125. The Labute approximate surface area is 270 Å². The molecule has 5 aromatic rings. The van der Waals surface area contributed by atoms with Gasteiger partial charge >= 0.3 is 16.5 Å². The molecule has 0 spiro atoms. The van der Waals surface area contributed by atoms with Crippen molar-refractivity contribution in [3.8, 4) is 11.5 Å². The van der Waals surface area contributed by atoms with Gasteiger partial charge in [0.15, 0.2) is 0 Å². The molecule has 5 rings (SSSR count). The number of hydrogen-bond acceptors (Lipinski definition) is 10. The molecule has 234 valence electrons. The molecule has 12 nitrogen and oxygen atoms in total. The van der Waals surface area contributed by atoms with Gasteiger partial charge in [-0.2, -0.15) is 0 Å². The number of non-ortho nitro benzene ring substituents is 1. The zero-order chi connectivity index (χ0) is 32.5. The van der Waals surface area contributed by atoms with Crippen LogP contribution in [-0.2, 0) is 16.5 Å². The van der Waals surface area contributed by atoms with E-state index in [9.17, 15) is 30.4 Å². The van der Waals surface area contributed by atoms with Crippen LogP contribution in [0.15, 0.2) is 109 Å². The summed E-state index contributed by atoms with van der Waals surface area (Å²) in [6, 6.07) is 17.6. The SMILES string of the molecule is Cc1ccc([O-])c(N=Cc2cc([N+](=O)[O-])cc([N+](=O)[O-])c2[O-])c1.Cc1cccnc1.Cc1cccnc1.Cc1cccnc1.[Ni+2]. The largest absolute Gasteiger partial charge is 2.00 e. The van der Waals surface area contributed by atoms with Crippen molar-refractivity contribution < 1.29 is 36.6 Å². The summed E-state index contributed by atoms with van der Waals surface area (Å²) in [6.07, 6.45) is 11.7. The maximum atomic E-state index is 11.9. The van der Waals surface area contributed by atoms with Gasteiger partial charge in [0.05, 0.1) is 21.6 Å². The molecule has 0 radical (unpaired) electrons. The Bertz CT molecular complexity index is 1590. The standard InChI is InChI=1S/C14H11N3O6.3C6H7N.Ni/c1-8-2-3-13(18)11(4-8)15-7-9-5-10(16(20)21)6-12(14(9)19)17(22)23;3*1-6-3-2-4-7-5-6;/h2-7,18-19H,1H3;3*2-5H,1H3;/q;;;;+2/p-2. The van der Waals surface area contributed by atoms with Crippen LogP contribution in [0.4, 0.5) is 17.1 Å². The summed E-state index contributed by atoms with van der Waals surface area (Å²) >= 11 is 0. The molecule has 0 bridgehead atoms. The molecule has 0 amide bonds. The summed E-state index contributed by atoms with van der Waals surface area (Å²) in [5.74, 6) is -1.41. The van der Waals surface area contributed by atoms with Crippen LogP contribution in [0.5, 0.6) is 11.5 Å². The number of aliphatic imine (C=N–C) groups is 1. The van der Waals surface area contributed by atoms with Crippen LogP contribution in [-0.4, -0.2) is 31.0 Å². The summed E-state index contributed by atoms with van der Waals surface area (Å²) in [6.45, 7) is 7.79. The van der Waals surface area contributed by atoms with Gasteiger partial charge in [-0.15, -0.1) is 0 Å². The molecule has 0 atom stereocenters. The molecule has 3 aromatic heterocycles. The molecule has 0 unspecified atom stereocenters. The van der Waals surface area contributed by atoms with Crippen molar-refractivity contribution in [3.63, 3.8) is 0 Å². The van der Waals surface area contributed by atoms with E-state index in [-0.39, 0.29) is 27.7 Å². The van der Waals surface area contributed by atoms with E-state index < -0.39 is 32.7 Å². The molecule has 45 heavy (non-hydrogen) atoms. The van der Waals surface area contributed by atoms with Crippen molar-refractivity contribution in [3.05, 3.63) is 152 Å². The maximum absolute atomic E-state index is 11.9. The molecular weight excluding hydrogens is 623 g/mol. The van der Waals surface area contributed by atoms with E-state index in [1.54, 1.807) is 31.6 Å². The van der Waals surface area contributed by atoms with Gasteiger partial charge in [-0.05, 0) is 85.5 Å². The molecule has 0 fully saturated rings. The number of rotatable bonds is 4. The molecule has 2 aromatic carbocycles. The molecule has 0 aliphatic rings. The van der Waals surface area contributed by atoms with E-state index in [0.29, 0.717) is 6.07 Å². The van der Waals surface area contributed by atoms with Gasteiger partial charge < -0.3 is 10.2 Å². The van der Waals surface area contributed by atoms with Gasteiger partial charge in [-0.25, -0.2) is 0 Å². The van der Waals surface area contributed by atoms with E-state index in [4.69, 9.17) is 0 Å². The number of pyridine rings is 3. The molecule has 0 aliphatic carbocycles. The predicted octanol–water partition coefficient (Wildman–Crippen LogP) is 5.88. The number of aromatic nitrogens is 3. The minimum Gasteiger partial charge on any atom is -0.871 e. The van der Waals surface area contributed by atoms with Crippen molar-refractivity contribution in [1.82, 2.24) is 15.0 Å². The van der Waals surface area contributed by atoms with Crippen molar-refractivity contribution in [2.75, 3.05) is 0 Å². The third kappa shape index (κ3) is 14.0. The van der Waals surface area contributed by atoms with Crippen molar-refractivity contribution in [1.29, 1.82) is 0 Å². The second-order valence-electron chi connectivity index (χ2n) is 9.22. The number of nitrogens with zero attached hydrogens (tertiary/aromatic N) is 6. The van der Waals surface area contributed by atoms with Gasteiger partial charge in [0.2, 0.25) is 0 Å². The van der Waals surface area contributed by atoms with Gasteiger partial charge in [0.25, 0.3) is 11.4 Å². The van der Waals surface area contributed by atoms with Gasteiger partial charge in [-0.1, -0.05) is 36.1 Å². The Morgan fingerprint density at radius 2 is 1.16 bits per heavy atom. The Kier molecular flexibility index (Phi) is 16.3. The van der Waals surface area contributed by atoms with Crippen LogP contribution in [0.3, 0.4) is 0 Å². The summed E-state index contributed by atoms with van der Waals surface area (Å²) in [5.41, 5.74) is 2.54. The summed E-state index contributed by atoms with van der Waals surface area (Å²) in [5, 5.41) is 45.2. The van der Waals surface area contributed by atoms with Crippen LogP contribution in [0.1, 0.15) is 27.8 Å². The predicted molar refractivity (Wildman–Crippen MR) is 164 cm³/mol. The third-order valence-electron chi connectivity index (χ3n) is 5.38. The van der Waals surface area contributed by atoms with Gasteiger partial charge in [0, 0.05) is 49.5 Å². The zero-order valence-corrected chi connectivity index (χ0v) is 25.8. The fourth-order valence-corrected chi connectivity index (χ4v) is 3.17. The number of aryl methyl sites for hydroxylation is 4. The second-order valence-corrected chi connectivity index (χ2v) is 9.22. The first kappa shape index (κ1) is 37.5. The first-order valence-corrected chi connectivity index (χ1v) is 13.0. The first-order valence-electron chi connectivity index (χ1n) is 13.0. The molecule has 0 saturated carbocycles. The summed E-state index contributed by atoms with van der Waals surface area (Å²) in [7, 11) is 0. The third-order valence-corrected chi connectivity index (χ3v) is 5.38. The van der Waals surface area contributed by atoms with Crippen molar-refractivity contribution >= 4 is 23.3 Å². The smallest absolute Gasteiger partial charge is 0.871 e. The quantitative estimate of drug-likeness (QED) is 0.0990. The average molecular weight is 653 g/mol. The topological polar surface area (TPSA) is 183 Å². The number of benzene rings is 2. The molecule has 0 N–H and O–H groups in total. The first-order chi connectivity index (χ1) is 21.0.